The van der Waals surface area contributed by atoms with Crippen molar-refractivity contribution in [3.8, 4) is 5.75 Å². The lowest BCUT2D eigenvalue weighted by molar-refractivity contribution is -0.131. The second kappa shape index (κ2) is 8.05. The van der Waals surface area contributed by atoms with Crippen LogP contribution >= 0.6 is 0 Å². The molecule has 0 atom stereocenters. The smallest absolute Gasteiger partial charge is 0.243 e. The molecule has 1 aliphatic rings. The zero-order valence-electron chi connectivity index (χ0n) is 15.3. The summed E-state index contributed by atoms with van der Waals surface area (Å²) >= 11 is 0. The van der Waals surface area contributed by atoms with Gasteiger partial charge in [-0.15, -0.1) is 0 Å². The molecule has 0 radical (unpaired) electrons. The molecular formula is C17H27N3O4S. The summed E-state index contributed by atoms with van der Waals surface area (Å²) in [6.45, 7) is 6.32. The number of ether oxygens (including phenoxy) is 1. The van der Waals surface area contributed by atoms with Crippen molar-refractivity contribution in [2.45, 2.75) is 20.0 Å². The second-order valence-electron chi connectivity index (χ2n) is 6.59. The highest BCUT2D eigenvalue weighted by molar-refractivity contribution is 7.92. The van der Waals surface area contributed by atoms with Crippen molar-refractivity contribution in [1.29, 1.82) is 0 Å². The van der Waals surface area contributed by atoms with E-state index < -0.39 is 10.0 Å². The van der Waals surface area contributed by atoms with Crippen molar-refractivity contribution in [2.75, 3.05) is 50.3 Å². The van der Waals surface area contributed by atoms with Gasteiger partial charge < -0.3 is 14.5 Å². The topological polar surface area (TPSA) is 70.2 Å². The SMILES string of the molecule is CC(C)Oc1ccccc1N(CC(=O)N1CCN(C)CC1)S(C)(=O)=O. The van der Waals surface area contributed by atoms with E-state index >= 15 is 0 Å². The summed E-state index contributed by atoms with van der Waals surface area (Å²) in [7, 11) is -1.62. The molecule has 140 valence electrons. The number of hydrogen-bond donors (Lipinski definition) is 0. The summed E-state index contributed by atoms with van der Waals surface area (Å²) in [4.78, 5) is 16.5. The van der Waals surface area contributed by atoms with Crippen molar-refractivity contribution >= 4 is 21.6 Å². The monoisotopic (exact) mass is 369 g/mol. The average molecular weight is 369 g/mol. The predicted molar refractivity (Wildman–Crippen MR) is 98.5 cm³/mol. The first-order valence-electron chi connectivity index (χ1n) is 8.38. The van der Waals surface area contributed by atoms with Crippen molar-refractivity contribution in [3.63, 3.8) is 0 Å². The highest BCUT2D eigenvalue weighted by Crippen LogP contribution is 2.30. The number of rotatable bonds is 6. The summed E-state index contributed by atoms with van der Waals surface area (Å²) in [6, 6.07) is 6.90. The minimum atomic E-state index is -3.63. The molecule has 0 bridgehead atoms. The lowest BCUT2D eigenvalue weighted by Crippen LogP contribution is -2.50. The Labute approximate surface area is 150 Å². The maximum absolute atomic E-state index is 12.6. The fourth-order valence-corrected chi connectivity index (χ4v) is 3.53. The first kappa shape index (κ1) is 19.5. The largest absolute Gasteiger partial charge is 0.489 e. The van der Waals surface area contributed by atoms with Gasteiger partial charge in [0.25, 0.3) is 0 Å². The molecule has 1 fully saturated rings. The molecular weight excluding hydrogens is 342 g/mol. The van der Waals surface area contributed by atoms with Crippen molar-refractivity contribution in [2.24, 2.45) is 0 Å². The minimum Gasteiger partial charge on any atom is -0.489 e. The fraction of sp³-hybridized carbons (Fsp3) is 0.588. The summed E-state index contributed by atoms with van der Waals surface area (Å²) in [6.07, 6.45) is 1.01. The van der Waals surface area contributed by atoms with Gasteiger partial charge in [-0.05, 0) is 33.0 Å². The van der Waals surface area contributed by atoms with Crippen molar-refractivity contribution < 1.29 is 17.9 Å². The van der Waals surface area contributed by atoms with Crippen LogP contribution < -0.4 is 9.04 Å². The van der Waals surface area contributed by atoms with E-state index in [0.717, 1.165) is 23.7 Å². The van der Waals surface area contributed by atoms with E-state index in [4.69, 9.17) is 4.74 Å². The van der Waals surface area contributed by atoms with Gasteiger partial charge in [0.2, 0.25) is 15.9 Å². The Bertz CT molecular complexity index is 698. The van der Waals surface area contributed by atoms with E-state index in [-0.39, 0.29) is 18.6 Å². The summed E-state index contributed by atoms with van der Waals surface area (Å²) < 4.78 is 31.5. The van der Waals surface area contributed by atoms with Gasteiger partial charge in [0.05, 0.1) is 18.0 Å². The Hall–Kier alpha value is -1.80. The first-order chi connectivity index (χ1) is 11.7. The molecule has 1 aromatic carbocycles. The number of piperazine rings is 1. The number of para-hydroxylation sites is 2. The number of amides is 1. The van der Waals surface area contributed by atoms with Gasteiger partial charge in [-0.1, -0.05) is 12.1 Å². The lowest BCUT2D eigenvalue weighted by Gasteiger charge is -2.34. The zero-order valence-corrected chi connectivity index (χ0v) is 16.1. The van der Waals surface area contributed by atoms with Gasteiger partial charge in [0.1, 0.15) is 12.3 Å². The summed E-state index contributed by atoms with van der Waals surface area (Å²) in [5.41, 5.74) is 0.390. The van der Waals surface area contributed by atoms with Gasteiger partial charge >= 0.3 is 0 Å². The number of carbonyl (C=O) groups is 1. The molecule has 7 nitrogen and oxygen atoms in total. The first-order valence-corrected chi connectivity index (χ1v) is 10.2. The Morgan fingerprint density at radius 1 is 1.20 bits per heavy atom. The number of benzene rings is 1. The molecule has 0 aromatic heterocycles. The van der Waals surface area contributed by atoms with E-state index in [1.165, 1.54) is 0 Å². The molecule has 1 saturated heterocycles. The van der Waals surface area contributed by atoms with E-state index in [0.29, 0.717) is 24.5 Å². The van der Waals surface area contributed by atoms with Crippen LogP contribution in [0.2, 0.25) is 0 Å². The normalized spacial score (nSPS) is 16.1. The number of nitrogens with zero attached hydrogens (tertiary/aromatic N) is 3. The highest BCUT2D eigenvalue weighted by atomic mass is 32.2. The Morgan fingerprint density at radius 3 is 2.36 bits per heavy atom. The molecule has 1 aliphatic heterocycles. The molecule has 0 aliphatic carbocycles. The Morgan fingerprint density at radius 2 is 1.80 bits per heavy atom. The van der Waals surface area contributed by atoms with Crippen LogP contribution in [0.1, 0.15) is 13.8 Å². The van der Waals surface area contributed by atoms with Gasteiger partial charge in [-0.3, -0.25) is 9.10 Å². The molecule has 1 aromatic rings. The van der Waals surface area contributed by atoms with Crippen LogP contribution in [0.4, 0.5) is 5.69 Å². The third-order valence-corrected chi connectivity index (χ3v) is 5.16. The van der Waals surface area contributed by atoms with E-state index in [1.807, 2.05) is 20.9 Å². The number of hydrogen-bond acceptors (Lipinski definition) is 5. The van der Waals surface area contributed by atoms with E-state index in [9.17, 15) is 13.2 Å². The van der Waals surface area contributed by atoms with E-state index in [1.54, 1.807) is 29.2 Å². The van der Waals surface area contributed by atoms with Crippen LogP contribution in [0.5, 0.6) is 5.75 Å². The molecule has 0 saturated carbocycles. The Kier molecular flexibility index (Phi) is 6.29. The molecule has 2 rings (SSSR count). The zero-order chi connectivity index (χ0) is 18.6. The molecule has 0 N–H and O–H groups in total. The third kappa shape index (κ3) is 5.34. The molecule has 1 heterocycles. The quantitative estimate of drug-likeness (QED) is 0.749. The predicted octanol–water partition coefficient (Wildman–Crippen LogP) is 1.01. The van der Waals surface area contributed by atoms with Crippen LogP contribution in [-0.4, -0.2) is 76.3 Å². The molecule has 1 amide bonds. The van der Waals surface area contributed by atoms with E-state index in [2.05, 4.69) is 4.90 Å². The number of anilines is 1. The van der Waals surface area contributed by atoms with Crippen LogP contribution in [0.15, 0.2) is 24.3 Å². The van der Waals surface area contributed by atoms with Gasteiger partial charge in [-0.25, -0.2) is 8.42 Å². The van der Waals surface area contributed by atoms with Crippen molar-refractivity contribution in [3.05, 3.63) is 24.3 Å². The number of likely N-dealkylation sites (N-methyl/N-ethyl adjacent to an activating group) is 1. The number of carbonyl (C=O) groups excluding carboxylic acids is 1. The van der Waals surface area contributed by atoms with Crippen LogP contribution in [0.3, 0.4) is 0 Å². The lowest BCUT2D eigenvalue weighted by atomic mass is 10.2. The Balaban J connectivity index is 2.25. The third-order valence-electron chi connectivity index (χ3n) is 4.03. The number of sulfonamides is 1. The van der Waals surface area contributed by atoms with Crippen LogP contribution in [0.25, 0.3) is 0 Å². The van der Waals surface area contributed by atoms with Gasteiger partial charge in [-0.2, -0.15) is 0 Å². The van der Waals surface area contributed by atoms with Crippen LogP contribution in [0, 0.1) is 0 Å². The minimum absolute atomic E-state index is 0.101. The maximum Gasteiger partial charge on any atom is 0.243 e. The highest BCUT2D eigenvalue weighted by Gasteiger charge is 2.27. The average Bonchev–Trinajstić information content (AvgIpc) is 2.52. The summed E-state index contributed by atoms with van der Waals surface area (Å²) in [5.74, 6) is 0.256. The fourth-order valence-electron chi connectivity index (χ4n) is 2.68. The molecule has 0 spiro atoms. The standard InChI is InChI=1S/C17H27N3O4S/c1-14(2)24-16-8-6-5-7-15(16)20(25(4,22)23)13-17(21)19-11-9-18(3)10-12-19/h5-8,14H,9-13H2,1-4H3. The maximum atomic E-state index is 12.6. The van der Waals surface area contributed by atoms with Crippen LogP contribution in [-0.2, 0) is 14.8 Å². The van der Waals surface area contributed by atoms with Gasteiger partial charge in [0, 0.05) is 26.2 Å². The molecule has 25 heavy (non-hydrogen) atoms. The summed E-state index contributed by atoms with van der Waals surface area (Å²) in [5, 5.41) is 0. The van der Waals surface area contributed by atoms with Crippen molar-refractivity contribution in [1.82, 2.24) is 9.80 Å². The molecule has 8 heteroatoms. The second-order valence-corrected chi connectivity index (χ2v) is 8.49. The van der Waals surface area contributed by atoms with Gasteiger partial charge in [0.15, 0.2) is 0 Å². The molecule has 0 unspecified atom stereocenters.